The summed E-state index contributed by atoms with van der Waals surface area (Å²) in [6, 6.07) is 0. The zero-order chi connectivity index (χ0) is 14.8. The number of nitrogens with two attached hydrogens (primary N) is 1. The predicted molar refractivity (Wildman–Crippen MR) is 79.6 cm³/mol. The molecule has 0 fully saturated rings. The van der Waals surface area contributed by atoms with Crippen molar-refractivity contribution >= 4 is 78.4 Å². The molecule has 116 valence electrons. The van der Waals surface area contributed by atoms with Gasteiger partial charge in [0.05, 0.1) is 6.33 Å². The Hall–Kier alpha value is 0.510. The van der Waals surface area contributed by atoms with Crippen molar-refractivity contribution in [3.05, 3.63) is 12.0 Å². The summed E-state index contributed by atoms with van der Waals surface area (Å²) in [7, 11) is -4.22. The summed E-state index contributed by atoms with van der Waals surface area (Å²) in [5.74, 6) is -0.0461. The molecule has 2 heterocycles. The Balaban J connectivity index is 0.00000220. The van der Waals surface area contributed by atoms with Gasteiger partial charge in [0.1, 0.15) is 19.2 Å². The molecule has 1 aromatic heterocycles. The molecule has 0 bridgehead atoms. The monoisotopic (exact) mass is 355 g/mol. The summed E-state index contributed by atoms with van der Waals surface area (Å²) in [5, 5.41) is 2.48. The summed E-state index contributed by atoms with van der Waals surface area (Å²) in [6.45, 7) is -0.400. The molecule has 1 aromatic rings. The molecule has 2 rings (SSSR count). The van der Waals surface area contributed by atoms with Gasteiger partial charge in [-0.3, -0.25) is 20.0 Å². The van der Waals surface area contributed by atoms with Crippen LogP contribution in [0.4, 0.5) is 5.82 Å². The molecular weight excluding hydrogens is 339 g/mol. The number of aromatic amines is 1. The van der Waals surface area contributed by atoms with Crippen LogP contribution in [0.25, 0.3) is 0 Å². The number of rotatable bonds is 6. The van der Waals surface area contributed by atoms with E-state index < -0.39 is 20.2 Å². The first-order valence-electron chi connectivity index (χ1n) is 5.45. The molecular formula is C8H16N5Na2O6P. The standard InChI is InChI=1S/C8H14N5O6P.2Na.2H/c9-8-12-7(14)5-6(11-1-10-5)13(8)2-18-3-19-4-20(15,16)17;;;;/h1,8H,2-4,9H2,(H,10,11)(H,12,14)(H2,15,16,17);;;;. The van der Waals surface area contributed by atoms with E-state index in [2.05, 4.69) is 20.0 Å². The quantitative estimate of drug-likeness (QED) is 0.155. The molecule has 0 radical (unpaired) electrons. The fourth-order valence-corrected chi connectivity index (χ4v) is 1.89. The van der Waals surface area contributed by atoms with E-state index in [0.29, 0.717) is 5.82 Å². The molecule has 1 amide bonds. The van der Waals surface area contributed by atoms with Gasteiger partial charge >= 0.3 is 66.7 Å². The van der Waals surface area contributed by atoms with E-state index >= 15 is 0 Å². The number of nitrogens with zero attached hydrogens (tertiary/aromatic N) is 2. The van der Waals surface area contributed by atoms with Crippen LogP contribution in [0.15, 0.2) is 6.33 Å². The summed E-state index contributed by atoms with van der Waals surface area (Å²) >= 11 is 0. The van der Waals surface area contributed by atoms with Crippen molar-refractivity contribution in [2.45, 2.75) is 6.29 Å². The second-order valence-corrected chi connectivity index (χ2v) is 5.53. The molecule has 0 saturated heterocycles. The normalized spacial score (nSPS) is 17.1. The molecule has 0 aliphatic carbocycles. The summed E-state index contributed by atoms with van der Waals surface area (Å²) < 4.78 is 20.3. The molecule has 1 aliphatic rings. The van der Waals surface area contributed by atoms with E-state index in [1.54, 1.807) is 0 Å². The number of aromatic nitrogens is 2. The van der Waals surface area contributed by atoms with Gasteiger partial charge in [-0.05, 0) is 0 Å². The van der Waals surface area contributed by atoms with Gasteiger partial charge in [0.25, 0.3) is 5.91 Å². The fraction of sp³-hybridized carbons (Fsp3) is 0.500. The van der Waals surface area contributed by atoms with Crippen LogP contribution in [0.1, 0.15) is 10.5 Å². The van der Waals surface area contributed by atoms with Gasteiger partial charge in [0.15, 0.2) is 18.5 Å². The van der Waals surface area contributed by atoms with Crippen molar-refractivity contribution in [2.75, 3.05) is 24.8 Å². The van der Waals surface area contributed by atoms with Crippen molar-refractivity contribution in [1.82, 2.24) is 15.3 Å². The van der Waals surface area contributed by atoms with Crippen molar-refractivity contribution in [2.24, 2.45) is 5.73 Å². The number of imidazole rings is 1. The maximum absolute atomic E-state index is 11.5. The summed E-state index contributed by atoms with van der Waals surface area (Å²) in [4.78, 5) is 36.8. The van der Waals surface area contributed by atoms with Gasteiger partial charge < -0.3 is 29.6 Å². The van der Waals surface area contributed by atoms with Crippen LogP contribution in [0.2, 0.25) is 0 Å². The van der Waals surface area contributed by atoms with Crippen LogP contribution in [0.5, 0.6) is 0 Å². The van der Waals surface area contributed by atoms with Crippen LogP contribution >= 0.6 is 7.60 Å². The molecule has 22 heavy (non-hydrogen) atoms. The Labute approximate surface area is 170 Å². The van der Waals surface area contributed by atoms with Crippen LogP contribution in [-0.2, 0) is 14.0 Å². The van der Waals surface area contributed by atoms with Gasteiger partial charge in [-0.15, -0.1) is 0 Å². The molecule has 1 atom stereocenters. The minimum atomic E-state index is -4.22. The first-order valence-corrected chi connectivity index (χ1v) is 7.25. The van der Waals surface area contributed by atoms with E-state index in [-0.39, 0.29) is 84.2 Å². The number of fused-ring (bicyclic) bond motifs is 1. The van der Waals surface area contributed by atoms with E-state index in [1.807, 2.05) is 0 Å². The van der Waals surface area contributed by atoms with Gasteiger partial charge in [0.2, 0.25) is 0 Å². The zero-order valence-electron chi connectivity index (χ0n) is 10.2. The van der Waals surface area contributed by atoms with E-state index in [1.165, 1.54) is 11.2 Å². The van der Waals surface area contributed by atoms with Gasteiger partial charge in [-0.1, -0.05) is 0 Å². The third-order valence-electron chi connectivity index (χ3n) is 2.39. The topological polar surface area (TPSA) is 163 Å². The minimum absolute atomic E-state index is 0. The number of amides is 1. The number of anilines is 1. The molecule has 14 heteroatoms. The third-order valence-corrected chi connectivity index (χ3v) is 2.91. The third kappa shape index (κ3) is 6.19. The number of hydrogen-bond donors (Lipinski definition) is 5. The summed E-state index contributed by atoms with van der Waals surface area (Å²) in [5.41, 5.74) is 5.98. The molecule has 11 nitrogen and oxygen atoms in total. The van der Waals surface area contributed by atoms with Crippen molar-refractivity contribution in [3.63, 3.8) is 0 Å². The van der Waals surface area contributed by atoms with Crippen molar-refractivity contribution in [1.29, 1.82) is 0 Å². The van der Waals surface area contributed by atoms with Gasteiger partial charge in [0, 0.05) is 0 Å². The van der Waals surface area contributed by atoms with Crippen molar-refractivity contribution < 1.29 is 28.6 Å². The Bertz CT molecular complexity index is 539. The molecule has 1 aliphatic heterocycles. The van der Waals surface area contributed by atoms with Crippen LogP contribution < -0.4 is 16.0 Å². The molecule has 0 spiro atoms. The second kappa shape index (κ2) is 9.72. The second-order valence-electron chi connectivity index (χ2n) is 3.94. The van der Waals surface area contributed by atoms with E-state index in [4.69, 9.17) is 20.3 Å². The Morgan fingerprint density at radius 3 is 2.73 bits per heavy atom. The van der Waals surface area contributed by atoms with Crippen LogP contribution in [0, 0.1) is 0 Å². The van der Waals surface area contributed by atoms with Crippen LogP contribution in [0.3, 0.4) is 0 Å². The number of ether oxygens (including phenoxy) is 2. The van der Waals surface area contributed by atoms with E-state index in [9.17, 15) is 9.36 Å². The molecule has 6 N–H and O–H groups in total. The number of H-pyrrole nitrogens is 1. The first kappa shape index (κ1) is 22.5. The first-order chi connectivity index (χ1) is 9.38. The predicted octanol–water partition coefficient (Wildman–Crippen LogP) is -3.01. The average molecular weight is 355 g/mol. The number of nitrogens with one attached hydrogen (secondary N) is 2. The Morgan fingerprint density at radius 1 is 1.41 bits per heavy atom. The van der Waals surface area contributed by atoms with Crippen molar-refractivity contribution in [3.8, 4) is 0 Å². The SMILES string of the molecule is NC1NC(=O)c2[nH]cnc2N1COCOCP(=O)(O)O.[NaH].[NaH]. The number of carbonyl (C=O) groups excluding carboxylic acids is 1. The Kier molecular flexibility index (Phi) is 9.95. The van der Waals surface area contributed by atoms with E-state index in [0.717, 1.165) is 0 Å². The zero-order valence-corrected chi connectivity index (χ0v) is 11.1. The number of carbonyl (C=O) groups is 1. The molecule has 0 aromatic carbocycles. The maximum atomic E-state index is 11.5. The van der Waals surface area contributed by atoms with Gasteiger partial charge in [-0.25, -0.2) is 4.98 Å². The summed E-state index contributed by atoms with van der Waals surface area (Å²) in [6.07, 6.45) is -0.205. The molecule has 0 saturated carbocycles. The number of hydrogen-bond acceptors (Lipinski definition) is 7. The average Bonchev–Trinajstić information content (AvgIpc) is 2.80. The van der Waals surface area contributed by atoms with Gasteiger partial charge in [-0.2, -0.15) is 0 Å². The fourth-order valence-electron chi connectivity index (χ4n) is 1.58. The molecule has 1 unspecified atom stereocenters. The Morgan fingerprint density at radius 2 is 2.09 bits per heavy atom. The van der Waals surface area contributed by atoms with Crippen LogP contribution in [-0.4, -0.2) is 111 Å².